The second-order valence-electron chi connectivity index (χ2n) is 12.8. The van der Waals surface area contributed by atoms with Crippen molar-refractivity contribution in [2.45, 2.75) is 13.8 Å². The van der Waals surface area contributed by atoms with Crippen molar-refractivity contribution in [3.8, 4) is 22.3 Å². The molecule has 54 heavy (non-hydrogen) atoms. The molecule has 0 aliphatic carbocycles. The van der Waals surface area contributed by atoms with Gasteiger partial charge in [0.25, 0.3) is 0 Å². The van der Waals surface area contributed by atoms with Crippen LogP contribution in [0.5, 0.6) is 0 Å². The van der Waals surface area contributed by atoms with Gasteiger partial charge in [-0.05, 0) is 88.7 Å². The molecular weight excluding hydrogens is 657 g/mol. The Labute approximate surface area is 318 Å². The van der Waals surface area contributed by atoms with Crippen LogP contribution in [0.2, 0.25) is 0 Å². The van der Waals surface area contributed by atoms with E-state index in [1.807, 2.05) is 79.7 Å². The Bertz CT molecular complexity index is 2540. The van der Waals surface area contributed by atoms with Crippen molar-refractivity contribution in [1.29, 1.82) is 5.41 Å². The van der Waals surface area contributed by atoms with Crippen molar-refractivity contribution in [2.24, 2.45) is 0 Å². The predicted octanol–water partition coefficient (Wildman–Crippen LogP) is 13.9. The number of anilines is 1. The topological polar surface area (TPSA) is 63.0 Å². The van der Waals surface area contributed by atoms with E-state index in [4.69, 9.17) is 15.6 Å². The van der Waals surface area contributed by atoms with Gasteiger partial charge in [0.05, 0.1) is 0 Å². The Morgan fingerprint density at radius 1 is 0.611 bits per heavy atom. The zero-order valence-corrected chi connectivity index (χ0v) is 30.7. The van der Waals surface area contributed by atoms with Crippen LogP contribution in [0, 0.1) is 12.3 Å². The summed E-state index contributed by atoms with van der Waals surface area (Å²) in [7, 11) is 0. The van der Waals surface area contributed by atoms with E-state index in [2.05, 4.69) is 135 Å². The fourth-order valence-electron chi connectivity index (χ4n) is 6.51. The van der Waals surface area contributed by atoms with E-state index in [0.717, 1.165) is 66.6 Å². The number of rotatable bonds is 7. The number of aryl methyl sites for hydroxylation is 1. The number of hydrogen-bond donors (Lipinski definition) is 2. The molecule has 0 fully saturated rings. The molecule has 0 saturated heterocycles. The molecule has 0 saturated carbocycles. The molecule has 0 amide bonds. The maximum absolute atomic E-state index is 7.85. The summed E-state index contributed by atoms with van der Waals surface area (Å²) in [6.07, 6.45) is 7.55. The Morgan fingerprint density at radius 2 is 1.26 bits per heavy atom. The number of furan rings is 1. The molecular formula is C51H44N2O. The average molecular weight is 701 g/mol. The van der Waals surface area contributed by atoms with Crippen LogP contribution >= 0.6 is 0 Å². The van der Waals surface area contributed by atoms with Crippen LogP contribution in [0.25, 0.3) is 55.3 Å². The zero-order valence-electron chi connectivity index (χ0n) is 30.7. The third-order valence-corrected chi connectivity index (χ3v) is 9.05. The third-order valence-electron chi connectivity index (χ3n) is 9.05. The predicted molar refractivity (Wildman–Crippen MR) is 233 cm³/mol. The van der Waals surface area contributed by atoms with Gasteiger partial charge in [-0.2, -0.15) is 0 Å². The molecule has 0 bridgehead atoms. The van der Waals surface area contributed by atoms with E-state index in [1.165, 1.54) is 22.9 Å². The quantitative estimate of drug-likeness (QED) is 0.0752. The van der Waals surface area contributed by atoms with E-state index in [1.54, 1.807) is 0 Å². The largest absolute Gasteiger partial charge is 0.456 e. The third kappa shape index (κ3) is 8.72. The Balaban J connectivity index is 0.000000201. The number of allylic oxidation sites excluding steroid dienone is 5. The second kappa shape index (κ2) is 18.0. The first-order valence-corrected chi connectivity index (χ1v) is 18.0. The van der Waals surface area contributed by atoms with Crippen LogP contribution in [0.3, 0.4) is 0 Å². The smallest absolute Gasteiger partial charge is 0.136 e. The van der Waals surface area contributed by atoms with Gasteiger partial charge in [-0.25, -0.2) is 0 Å². The van der Waals surface area contributed by atoms with Crippen LogP contribution < -0.4 is 5.73 Å². The van der Waals surface area contributed by atoms with E-state index < -0.39 is 0 Å². The van der Waals surface area contributed by atoms with Crippen molar-refractivity contribution in [1.82, 2.24) is 0 Å². The fourth-order valence-corrected chi connectivity index (χ4v) is 6.51. The van der Waals surface area contributed by atoms with Crippen molar-refractivity contribution < 1.29 is 4.42 Å². The lowest BCUT2D eigenvalue weighted by Gasteiger charge is -2.15. The molecule has 3 nitrogen and oxygen atoms in total. The molecule has 3 N–H and O–H groups in total. The van der Waals surface area contributed by atoms with Crippen molar-refractivity contribution in [3.63, 3.8) is 0 Å². The SMILES string of the molecule is C=C/C(=C(\C=C/C)c1ccccc1-c1ccc2oc3cccc(C=N)c3c2c1)c1ccccc1.Cc1cccc(-c2ccccc2)c1.Nc1ccccc1. The normalized spacial score (nSPS) is 11.2. The highest BCUT2D eigenvalue weighted by atomic mass is 16.3. The van der Waals surface area contributed by atoms with Crippen LogP contribution in [0.4, 0.5) is 5.69 Å². The number of nitrogens with two attached hydrogens (primary N) is 1. The standard InChI is InChI=1S/C32H25NO.C13H12.C6H7N/c1-3-11-27(25(4-2)22-12-6-5-7-13-22)28-16-9-8-15-26(28)23-18-19-30-29(20-23)32-24(21-33)14-10-17-31(32)34-30;1-11-6-5-9-13(10-11)12-7-3-2-4-8-12;7-6-4-2-1-3-5-6/h3-21,33H,2H2,1H3;2-10H,1H3;1-5H,7H2/b11-3-,27-25-,33-21?;;. The fraction of sp³-hybridized carbons (Fsp3) is 0.0392. The van der Waals surface area contributed by atoms with Crippen LogP contribution in [0.15, 0.2) is 205 Å². The molecule has 8 aromatic rings. The molecule has 1 heterocycles. The molecule has 264 valence electrons. The Hall–Kier alpha value is -6.97. The Kier molecular flexibility index (Phi) is 12.3. The summed E-state index contributed by atoms with van der Waals surface area (Å²) in [5, 5.41) is 9.85. The van der Waals surface area contributed by atoms with Gasteiger partial charge >= 0.3 is 0 Å². The number of nitrogens with one attached hydrogen (secondary N) is 1. The second-order valence-corrected chi connectivity index (χ2v) is 12.8. The highest BCUT2D eigenvalue weighted by molar-refractivity contribution is 6.13. The molecule has 3 heteroatoms. The summed E-state index contributed by atoms with van der Waals surface area (Å²) in [6.45, 7) is 8.29. The maximum atomic E-state index is 7.85. The van der Waals surface area contributed by atoms with Crippen LogP contribution in [-0.2, 0) is 0 Å². The Morgan fingerprint density at radius 3 is 1.91 bits per heavy atom. The molecule has 0 unspecified atom stereocenters. The maximum Gasteiger partial charge on any atom is 0.136 e. The van der Waals surface area contributed by atoms with Gasteiger partial charge < -0.3 is 15.6 Å². The van der Waals surface area contributed by atoms with E-state index in [-0.39, 0.29) is 0 Å². The number of hydrogen-bond acceptors (Lipinski definition) is 3. The summed E-state index contributed by atoms with van der Waals surface area (Å²) in [5.41, 5.74) is 19.3. The number of nitrogen functional groups attached to an aromatic ring is 1. The van der Waals surface area contributed by atoms with Crippen molar-refractivity contribution in [3.05, 3.63) is 223 Å². The molecule has 0 atom stereocenters. The molecule has 1 aromatic heterocycles. The van der Waals surface area contributed by atoms with Crippen molar-refractivity contribution in [2.75, 3.05) is 5.73 Å². The summed E-state index contributed by atoms with van der Waals surface area (Å²) in [6, 6.07) is 59.5. The lowest BCUT2D eigenvalue weighted by Crippen LogP contribution is -1.92. The van der Waals surface area contributed by atoms with Crippen molar-refractivity contribution >= 4 is 45.0 Å². The molecule has 0 radical (unpaired) electrons. The number of benzene rings is 7. The summed E-state index contributed by atoms with van der Waals surface area (Å²) >= 11 is 0. The van der Waals surface area contributed by atoms with Crippen LogP contribution in [0.1, 0.15) is 29.2 Å². The van der Waals surface area contributed by atoms with Gasteiger partial charge in [0.1, 0.15) is 11.2 Å². The van der Waals surface area contributed by atoms with E-state index >= 15 is 0 Å². The molecule has 8 rings (SSSR count). The minimum absolute atomic E-state index is 0.800. The molecule has 0 spiro atoms. The summed E-state index contributed by atoms with van der Waals surface area (Å²) in [5.74, 6) is 0. The minimum Gasteiger partial charge on any atom is -0.456 e. The van der Waals surface area contributed by atoms with Crippen LogP contribution in [-0.4, -0.2) is 6.21 Å². The zero-order chi connectivity index (χ0) is 37.7. The molecule has 0 aliphatic heterocycles. The minimum atomic E-state index is 0.800. The lowest BCUT2D eigenvalue weighted by molar-refractivity contribution is 0.669. The number of fused-ring (bicyclic) bond motifs is 3. The van der Waals surface area contributed by atoms with Gasteiger partial charge in [-0.15, -0.1) is 0 Å². The average Bonchev–Trinajstić information content (AvgIpc) is 3.61. The highest BCUT2D eigenvalue weighted by Crippen LogP contribution is 2.38. The first-order chi connectivity index (χ1) is 26.5. The molecule has 0 aliphatic rings. The van der Waals surface area contributed by atoms with Gasteiger partial charge in [0, 0.05) is 28.2 Å². The monoisotopic (exact) mass is 700 g/mol. The summed E-state index contributed by atoms with van der Waals surface area (Å²) in [4.78, 5) is 0. The van der Waals surface area contributed by atoms with Gasteiger partial charge in [-0.1, -0.05) is 176 Å². The van der Waals surface area contributed by atoms with E-state index in [9.17, 15) is 0 Å². The molecule has 7 aromatic carbocycles. The first kappa shape index (κ1) is 36.8. The van der Waals surface area contributed by atoms with Gasteiger partial charge in [-0.3, -0.25) is 0 Å². The van der Waals surface area contributed by atoms with Gasteiger partial charge in [0.15, 0.2) is 0 Å². The lowest BCUT2D eigenvalue weighted by atomic mass is 9.88. The van der Waals surface area contributed by atoms with E-state index in [0.29, 0.717) is 0 Å². The highest BCUT2D eigenvalue weighted by Gasteiger charge is 2.15. The number of para-hydroxylation sites is 1. The first-order valence-electron chi connectivity index (χ1n) is 18.0. The summed E-state index contributed by atoms with van der Waals surface area (Å²) < 4.78 is 6.08. The van der Waals surface area contributed by atoms with Gasteiger partial charge in [0.2, 0.25) is 0 Å².